The summed E-state index contributed by atoms with van der Waals surface area (Å²) in [6, 6.07) is 4.91. The Morgan fingerprint density at radius 3 is 2.64 bits per heavy atom. The summed E-state index contributed by atoms with van der Waals surface area (Å²) < 4.78 is 0. The summed E-state index contributed by atoms with van der Waals surface area (Å²) >= 11 is 0. The fourth-order valence-electron chi connectivity index (χ4n) is 2.46. The molecule has 1 aromatic rings. The molecule has 1 unspecified atom stereocenters. The van der Waals surface area contributed by atoms with E-state index in [0.717, 1.165) is 5.56 Å². The summed E-state index contributed by atoms with van der Waals surface area (Å²) in [6.07, 6.45) is 0.106. The van der Waals surface area contributed by atoms with Crippen LogP contribution in [0.25, 0.3) is 0 Å². The van der Waals surface area contributed by atoms with Crippen molar-refractivity contribution in [3.63, 3.8) is 0 Å². The molecule has 9 nitrogen and oxygen atoms in total. The third kappa shape index (κ3) is 5.64. The number of nitrogens with two attached hydrogens (primary N) is 1. The molecular weight excluding hydrogens is 350 g/mol. The molecule has 0 aromatic heterocycles. The van der Waals surface area contributed by atoms with E-state index in [1.54, 1.807) is 18.2 Å². The zero-order valence-electron chi connectivity index (χ0n) is 13.3. The van der Waals surface area contributed by atoms with E-state index in [1.807, 2.05) is 0 Å². The molecule has 10 heteroatoms. The lowest BCUT2D eigenvalue weighted by molar-refractivity contribution is -0.140. The normalized spacial score (nSPS) is 15.2. The predicted molar refractivity (Wildman–Crippen MR) is 94.0 cm³/mol. The summed E-state index contributed by atoms with van der Waals surface area (Å²) in [5.41, 5.74) is 6.84. The number of benzene rings is 1. The first-order chi connectivity index (χ1) is 11.4. The molecule has 0 saturated heterocycles. The van der Waals surface area contributed by atoms with Crippen molar-refractivity contribution in [2.75, 3.05) is 18.4 Å². The fraction of sp³-hybridized carbons (Fsp3) is 0.333. The van der Waals surface area contributed by atoms with Gasteiger partial charge >= 0.3 is 5.97 Å². The Kier molecular flexibility index (Phi) is 7.19. The van der Waals surface area contributed by atoms with Gasteiger partial charge in [-0.1, -0.05) is 6.07 Å². The summed E-state index contributed by atoms with van der Waals surface area (Å²) in [4.78, 5) is 34.8. The van der Waals surface area contributed by atoms with Crippen LogP contribution in [0, 0.1) is 11.3 Å². The fourth-order valence-corrected chi connectivity index (χ4v) is 2.46. The van der Waals surface area contributed by atoms with Gasteiger partial charge in [-0.05, 0) is 24.1 Å². The number of carbonyl (C=O) groups excluding carboxylic acids is 2. The van der Waals surface area contributed by atoms with Crippen LogP contribution in [0.5, 0.6) is 0 Å². The molecule has 1 heterocycles. The van der Waals surface area contributed by atoms with E-state index < -0.39 is 11.9 Å². The van der Waals surface area contributed by atoms with Gasteiger partial charge in [0.2, 0.25) is 5.91 Å². The molecule has 0 fully saturated rings. The number of hydrogen-bond donors (Lipinski definition) is 6. The van der Waals surface area contributed by atoms with Crippen LogP contribution in [0.15, 0.2) is 18.2 Å². The molecule has 1 aromatic carbocycles. The van der Waals surface area contributed by atoms with Crippen LogP contribution >= 0.6 is 12.4 Å². The van der Waals surface area contributed by atoms with Crippen molar-refractivity contribution in [2.24, 2.45) is 11.7 Å². The van der Waals surface area contributed by atoms with Crippen molar-refractivity contribution in [2.45, 2.75) is 12.8 Å². The van der Waals surface area contributed by atoms with Gasteiger partial charge in [-0.15, -0.1) is 12.4 Å². The van der Waals surface area contributed by atoms with Gasteiger partial charge in [-0.3, -0.25) is 19.8 Å². The molecule has 1 atom stereocenters. The highest BCUT2D eigenvalue weighted by molar-refractivity contribution is 6.00. The van der Waals surface area contributed by atoms with E-state index in [4.69, 9.17) is 16.2 Å². The predicted octanol–water partition coefficient (Wildman–Crippen LogP) is -0.0932. The van der Waals surface area contributed by atoms with Gasteiger partial charge in [0.25, 0.3) is 5.91 Å². The van der Waals surface area contributed by atoms with E-state index in [0.29, 0.717) is 30.8 Å². The van der Waals surface area contributed by atoms with Gasteiger partial charge in [-0.2, -0.15) is 0 Å². The second-order valence-corrected chi connectivity index (χ2v) is 5.46. The number of nitrogens with one attached hydrogen (secondary N) is 4. The molecule has 0 radical (unpaired) electrons. The highest BCUT2D eigenvalue weighted by atomic mass is 35.5. The molecule has 1 aliphatic heterocycles. The largest absolute Gasteiger partial charge is 0.481 e. The Bertz CT molecular complexity index is 694. The van der Waals surface area contributed by atoms with Crippen molar-refractivity contribution in [1.82, 2.24) is 10.6 Å². The molecule has 7 N–H and O–H groups in total. The topological polar surface area (TPSA) is 157 Å². The summed E-state index contributed by atoms with van der Waals surface area (Å²) in [5, 5.41) is 23.7. The minimum absolute atomic E-state index is 0. The quantitative estimate of drug-likeness (QED) is 0.233. The maximum absolute atomic E-state index is 12.1. The van der Waals surface area contributed by atoms with E-state index in [2.05, 4.69) is 16.0 Å². The Morgan fingerprint density at radius 2 is 2.00 bits per heavy atom. The highest BCUT2D eigenvalue weighted by Crippen LogP contribution is 2.28. The van der Waals surface area contributed by atoms with E-state index in [1.165, 1.54) is 0 Å². The lowest BCUT2D eigenvalue weighted by Gasteiger charge is -2.24. The summed E-state index contributed by atoms with van der Waals surface area (Å²) in [5.74, 6) is -2.46. The number of aliphatic carboxylic acids is 1. The van der Waals surface area contributed by atoms with Crippen molar-refractivity contribution in [1.29, 1.82) is 5.41 Å². The molecular formula is C15H20ClN5O4. The standard InChI is InChI=1S/C15H19N5O4.ClH/c16-15(17)19-4-3-18-13(23)9-2-1-8-5-10(7-12(21)22)14(24)20-11(8)6-9;/h1-2,6,10H,3-5,7H2,(H,18,23)(H,20,24)(H,21,22)(H4,16,17,19);1H. The first kappa shape index (κ1) is 20.2. The SMILES string of the molecule is Cl.N=C(N)NCCNC(=O)c1ccc2c(c1)NC(=O)C(CC(=O)O)C2. The van der Waals surface area contributed by atoms with E-state index in [9.17, 15) is 14.4 Å². The Balaban J connectivity index is 0.00000312. The summed E-state index contributed by atoms with van der Waals surface area (Å²) in [6.45, 7) is 0.627. The van der Waals surface area contributed by atoms with Crippen LogP contribution in [-0.2, 0) is 16.0 Å². The molecule has 0 bridgehead atoms. The maximum Gasteiger partial charge on any atom is 0.304 e. The van der Waals surface area contributed by atoms with Crippen LogP contribution in [0.3, 0.4) is 0 Å². The van der Waals surface area contributed by atoms with Crippen molar-refractivity contribution in [3.8, 4) is 0 Å². The van der Waals surface area contributed by atoms with Gasteiger partial charge in [0.1, 0.15) is 0 Å². The van der Waals surface area contributed by atoms with Crippen LogP contribution in [0.4, 0.5) is 5.69 Å². The molecule has 0 aliphatic carbocycles. The zero-order chi connectivity index (χ0) is 17.7. The Morgan fingerprint density at radius 1 is 1.32 bits per heavy atom. The Labute approximate surface area is 150 Å². The van der Waals surface area contributed by atoms with Gasteiger partial charge in [0, 0.05) is 24.3 Å². The number of hydrogen-bond acceptors (Lipinski definition) is 4. The van der Waals surface area contributed by atoms with Crippen LogP contribution in [-0.4, -0.2) is 41.9 Å². The van der Waals surface area contributed by atoms with Crippen LogP contribution in [0.1, 0.15) is 22.3 Å². The average molecular weight is 370 g/mol. The lowest BCUT2D eigenvalue weighted by Crippen LogP contribution is -2.37. The number of rotatable bonds is 6. The number of amides is 2. The number of fused-ring (bicyclic) bond motifs is 1. The maximum atomic E-state index is 12.1. The van der Waals surface area contributed by atoms with Gasteiger partial charge in [0.15, 0.2) is 5.96 Å². The third-order valence-corrected chi connectivity index (χ3v) is 3.61. The van der Waals surface area contributed by atoms with Crippen molar-refractivity contribution in [3.05, 3.63) is 29.3 Å². The number of carbonyl (C=O) groups is 3. The molecule has 136 valence electrons. The molecule has 0 spiro atoms. The second-order valence-electron chi connectivity index (χ2n) is 5.46. The van der Waals surface area contributed by atoms with Crippen molar-refractivity contribution >= 4 is 41.8 Å². The number of carboxylic acid groups (broad SMARTS) is 1. The first-order valence-electron chi connectivity index (χ1n) is 7.38. The third-order valence-electron chi connectivity index (χ3n) is 3.61. The molecule has 25 heavy (non-hydrogen) atoms. The van der Waals surface area contributed by atoms with E-state index in [-0.39, 0.29) is 36.6 Å². The van der Waals surface area contributed by atoms with Crippen molar-refractivity contribution < 1.29 is 19.5 Å². The number of halogens is 1. The number of anilines is 1. The molecule has 0 saturated carbocycles. The van der Waals surface area contributed by atoms with E-state index >= 15 is 0 Å². The number of guanidine groups is 1. The zero-order valence-corrected chi connectivity index (χ0v) is 14.1. The summed E-state index contributed by atoms with van der Waals surface area (Å²) in [7, 11) is 0. The second kappa shape index (κ2) is 8.88. The molecule has 2 rings (SSSR count). The van der Waals surface area contributed by atoms with Crippen LogP contribution in [0.2, 0.25) is 0 Å². The van der Waals surface area contributed by atoms with Gasteiger partial charge in [-0.25, -0.2) is 0 Å². The van der Waals surface area contributed by atoms with Gasteiger partial charge in [0.05, 0.1) is 12.3 Å². The molecule has 2 amide bonds. The number of carboxylic acids is 1. The Hall–Kier alpha value is -2.81. The minimum atomic E-state index is -1.02. The lowest BCUT2D eigenvalue weighted by atomic mass is 9.90. The first-order valence-corrected chi connectivity index (χ1v) is 7.38. The van der Waals surface area contributed by atoms with Gasteiger partial charge < -0.3 is 26.8 Å². The monoisotopic (exact) mass is 369 g/mol. The molecule has 1 aliphatic rings. The smallest absolute Gasteiger partial charge is 0.304 e. The minimum Gasteiger partial charge on any atom is -0.481 e. The average Bonchev–Trinajstić information content (AvgIpc) is 2.51. The highest BCUT2D eigenvalue weighted by Gasteiger charge is 2.28. The van der Waals surface area contributed by atoms with Crippen LogP contribution < -0.4 is 21.7 Å².